The summed E-state index contributed by atoms with van der Waals surface area (Å²) in [6.07, 6.45) is -0.646. The molecule has 0 radical (unpaired) electrons. The Morgan fingerprint density at radius 2 is 1.06 bits per heavy atom. The van der Waals surface area contributed by atoms with E-state index < -0.39 is 12.1 Å². The van der Waals surface area contributed by atoms with Crippen LogP contribution in [0, 0.1) is 0 Å². The van der Waals surface area contributed by atoms with Crippen LogP contribution in [0.1, 0.15) is 40.5 Å². The van der Waals surface area contributed by atoms with Gasteiger partial charge in [0.1, 0.15) is 6.61 Å². The summed E-state index contributed by atoms with van der Waals surface area (Å²) in [6.45, 7) is 0.544. The number of hydrogen-bond acceptors (Lipinski definition) is 4. The van der Waals surface area contributed by atoms with Gasteiger partial charge in [0.2, 0.25) is 0 Å². The van der Waals surface area contributed by atoms with Crippen molar-refractivity contribution in [3.8, 4) is 22.3 Å². The Hall–Kier alpha value is -4.18. The van der Waals surface area contributed by atoms with Crippen molar-refractivity contribution in [3.05, 3.63) is 119 Å². The molecule has 0 saturated carbocycles. The molecule has 4 aromatic carbocycles. The van der Waals surface area contributed by atoms with E-state index in [0.29, 0.717) is 12.9 Å². The Labute approximate surface area is 204 Å². The molecule has 0 fully saturated rings. The van der Waals surface area contributed by atoms with Crippen molar-refractivity contribution in [1.82, 2.24) is 0 Å². The highest BCUT2D eigenvalue weighted by atomic mass is 16.6. The van der Waals surface area contributed by atoms with Gasteiger partial charge in [0, 0.05) is 18.3 Å². The average molecular weight is 461 g/mol. The molecule has 6 rings (SSSR count). The highest BCUT2D eigenvalue weighted by Gasteiger charge is 2.35. The summed E-state index contributed by atoms with van der Waals surface area (Å²) in [5.74, 6) is -0.607. The fourth-order valence-electron chi connectivity index (χ4n) is 5.70. The quantitative estimate of drug-likeness (QED) is 0.248. The van der Waals surface area contributed by atoms with Gasteiger partial charge in [0.25, 0.3) is 6.47 Å². The highest BCUT2D eigenvalue weighted by molar-refractivity contribution is 5.82. The zero-order valence-electron chi connectivity index (χ0n) is 19.1. The lowest BCUT2D eigenvalue weighted by molar-refractivity contribution is -0.162. The minimum absolute atomic E-state index is 0.0452. The molecule has 1 atom stereocenters. The van der Waals surface area contributed by atoms with Gasteiger partial charge in [-0.1, -0.05) is 97.1 Å². The van der Waals surface area contributed by atoms with E-state index in [-0.39, 0.29) is 18.4 Å². The Balaban J connectivity index is 1.24. The van der Waals surface area contributed by atoms with Gasteiger partial charge in [-0.3, -0.25) is 4.79 Å². The van der Waals surface area contributed by atoms with Crippen molar-refractivity contribution >= 4 is 12.4 Å². The van der Waals surface area contributed by atoms with Crippen LogP contribution in [0.4, 0.5) is 0 Å². The zero-order chi connectivity index (χ0) is 23.8. The summed E-state index contributed by atoms with van der Waals surface area (Å²) in [7, 11) is 0. The number of hydrogen-bond donors (Lipinski definition) is 0. The molecule has 35 heavy (non-hydrogen) atoms. The molecule has 0 aromatic heterocycles. The van der Waals surface area contributed by atoms with E-state index in [2.05, 4.69) is 48.5 Å². The van der Waals surface area contributed by atoms with Crippen molar-refractivity contribution in [2.75, 3.05) is 6.61 Å². The molecule has 2 aliphatic carbocycles. The lowest BCUT2D eigenvalue weighted by atomic mass is 9.91. The fraction of sp³-hybridized carbons (Fsp3) is 0.161. The maximum absolute atomic E-state index is 13.2. The van der Waals surface area contributed by atoms with Crippen LogP contribution >= 0.6 is 0 Å². The molecule has 0 amide bonds. The van der Waals surface area contributed by atoms with Crippen LogP contribution in [-0.2, 0) is 19.1 Å². The van der Waals surface area contributed by atoms with Crippen LogP contribution < -0.4 is 0 Å². The molecule has 4 aromatic rings. The van der Waals surface area contributed by atoms with Crippen molar-refractivity contribution in [2.45, 2.75) is 24.4 Å². The zero-order valence-corrected chi connectivity index (χ0v) is 19.1. The van der Waals surface area contributed by atoms with E-state index in [1.165, 1.54) is 11.1 Å². The topological polar surface area (TPSA) is 52.6 Å². The first-order valence-corrected chi connectivity index (χ1v) is 11.9. The summed E-state index contributed by atoms with van der Waals surface area (Å²) in [6, 6.07) is 32.8. The number of esters is 1. The second-order valence-electron chi connectivity index (χ2n) is 9.04. The third kappa shape index (κ3) is 3.62. The molecule has 1 unspecified atom stereocenters. The first kappa shape index (κ1) is 21.4. The highest BCUT2D eigenvalue weighted by Crippen LogP contribution is 2.47. The molecule has 0 aliphatic heterocycles. The molecule has 0 saturated heterocycles. The largest absolute Gasteiger partial charge is 0.462 e. The predicted molar refractivity (Wildman–Crippen MR) is 134 cm³/mol. The minimum atomic E-state index is -0.983. The van der Waals surface area contributed by atoms with Gasteiger partial charge in [-0.25, -0.2) is 4.79 Å². The molecule has 0 heterocycles. The van der Waals surface area contributed by atoms with Crippen LogP contribution in [0.15, 0.2) is 97.1 Å². The maximum Gasteiger partial charge on any atom is 0.347 e. The Morgan fingerprint density at radius 1 is 0.657 bits per heavy atom. The second-order valence-corrected chi connectivity index (χ2v) is 9.04. The lowest BCUT2D eigenvalue weighted by Crippen LogP contribution is -2.29. The van der Waals surface area contributed by atoms with Gasteiger partial charge in [-0.2, -0.15) is 0 Å². The van der Waals surface area contributed by atoms with Gasteiger partial charge in [-0.05, 0) is 44.5 Å². The smallest absolute Gasteiger partial charge is 0.347 e. The number of ether oxygens (including phenoxy) is 2. The third-order valence-corrected chi connectivity index (χ3v) is 7.25. The van der Waals surface area contributed by atoms with E-state index >= 15 is 0 Å². The number of carbonyl (C=O) groups excluding carboxylic acids is 2. The Morgan fingerprint density at radius 3 is 1.49 bits per heavy atom. The number of fused-ring (bicyclic) bond motifs is 6. The van der Waals surface area contributed by atoms with Crippen LogP contribution in [0.3, 0.4) is 0 Å². The summed E-state index contributed by atoms with van der Waals surface area (Å²) >= 11 is 0. The van der Waals surface area contributed by atoms with E-state index in [9.17, 15) is 9.59 Å². The van der Waals surface area contributed by atoms with E-state index in [4.69, 9.17) is 9.47 Å². The molecule has 172 valence electrons. The molecule has 0 spiro atoms. The first-order chi connectivity index (χ1) is 17.3. The first-order valence-electron chi connectivity index (χ1n) is 11.9. The van der Waals surface area contributed by atoms with Crippen molar-refractivity contribution in [3.63, 3.8) is 0 Å². The predicted octanol–water partition coefficient (Wildman–Crippen LogP) is 6.09. The molecular formula is C31H24O4. The SMILES string of the molecule is O=COC(CC1c2ccccc2-c2ccccc21)C(=O)OCC1c2ccccc2-c2ccccc21. The van der Waals surface area contributed by atoms with Gasteiger partial charge in [0.15, 0.2) is 6.10 Å². The summed E-state index contributed by atoms with van der Waals surface area (Å²) in [5, 5.41) is 0. The molecule has 0 bridgehead atoms. The van der Waals surface area contributed by atoms with Crippen molar-refractivity contribution in [2.24, 2.45) is 0 Å². The summed E-state index contributed by atoms with van der Waals surface area (Å²) in [5.41, 5.74) is 9.23. The molecule has 4 nitrogen and oxygen atoms in total. The molecule has 4 heteroatoms. The van der Waals surface area contributed by atoms with Gasteiger partial charge >= 0.3 is 5.97 Å². The van der Waals surface area contributed by atoms with E-state index in [0.717, 1.165) is 33.4 Å². The molecule has 0 N–H and O–H groups in total. The number of rotatable bonds is 7. The number of benzene rings is 4. The van der Waals surface area contributed by atoms with Crippen LogP contribution in [0.5, 0.6) is 0 Å². The standard InChI is InChI=1S/C31H24O4/c32-19-35-30(17-28-24-13-5-1-9-20(24)21-10-2-6-14-25(21)28)31(33)34-18-29-26-15-7-3-11-22(26)23-12-4-8-16-27(23)29/h1-16,19,28-30H,17-18H2. The Bertz CT molecular complexity index is 1330. The summed E-state index contributed by atoms with van der Waals surface area (Å²) < 4.78 is 11.1. The lowest BCUT2D eigenvalue weighted by Gasteiger charge is -2.21. The van der Waals surface area contributed by atoms with Crippen LogP contribution in [0.2, 0.25) is 0 Å². The molecular weight excluding hydrogens is 436 g/mol. The van der Waals surface area contributed by atoms with E-state index in [1.54, 1.807) is 0 Å². The van der Waals surface area contributed by atoms with Crippen molar-refractivity contribution in [1.29, 1.82) is 0 Å². The Kier molecular flexibility index (Phi) is 5.42. The van der Waals surface area contributed by atoms with Gasteiger partial charge in [-0.15, -0.1) is 0 Å². The van der Waals surface area contributed by atoms with Crippen LogP contribution in [0.25, 0.3) is 22.3 Å². The molecule has 2 aliphatic rings. The minimum Gasteiger partial charge on any atom is -0.462 e. The summed E-state index contributed by atoms with van der Waals surface area (Å²) in [4.78, 5) is 24.6. The normalized spacial score (nSPS) is 14.4. The average Bonchev–Trinajstić information content (AvgIpc) is 3.40. The third-order valence-electron chi connectivity index (χ3n) is 7.25. The maximum atomic E-state index is 13.2. The van der Waals surface area contributed by atoms with Gasteiger partial charge < -0.3 is 9.47 Å². The monoisotopic (exact) mass is 460 g/mol. The van der Waals surface area contributed by atoms with E-state index in [1.807, 2.05) is 48.5 Å². The van der Waals surface area contributed by atoms with Crippen LogP contribution in [-0.4, -0.2) is 25.2 Å². The van der Waals surface area contributed by atoms with Crippen molar-refractivity contribution < 1.29 is 19.1 Å². The van der Waals surface area contributed by atoms with Gasteiger partial charge in [0.05, 0.1) is 0 Å². The fourth-order valence-corrected chi connectivity index (χ4v) is 5.70. The second kappa shape index (κ2) is 8.88. The number of carbonyl (C=O) groups is 2.